The SMILES string of the molecule is COC(=O)/C(Cl)=C/CCCCNS(=O)(=O)c1ccc(C)cc1. The van der Waals surface area contributed by atoms with Crippen molar-refractivity contribution in [2.45, 2.75) is 31.1 Å². The highest BCUT2D eigenvalue weighted by atomic mass is 35.5. The lowest BCUT2D eigenvalue weighted by Crippen LogP contribution is -2.24. The van der Waals surface area contributed by atoms with Gasteiger partial charge in [-0.25, -0.2) is 17.9 Å². The van der Waals surface area contributed by atoms with Crippen LogP contribution in [-0.2, 0) is 19.6 Å². The van der Waals surface area contributed by atoms with Gasteiger partial charge in [-0.15, -0.1) is 0 Å². The van der Waals surface area contributed by atoms with Crippen LogP contribution in [0, 0.1) is 6.92 Å². The van der Waals surface area contributed by atoms with E-state index < -0.39 is 16.0 Å². The first kappa shape index (κ1) is 18.7. The van der Waals surface area contributed by atoms with E-state index in [0.29, 0.717) is 25.8 Å². The number of hydrogen-bond acceptors (Lipinski definition) is 4. The lowest BCUT2D eigenvalue weighted by molar-refractivity contribution is -0.135. The van der Waals surface area contributed by atoms with Crippen LogP contribution in [0.1, 0.15) is 24.8 Å². The molecule has 1 aromatic rings. The minimum absolute atomic E-state index is 0.0442. The van der Waals surface area contributed by atoms with Gasteiger partial charge in [0.05, 0.1) is 12.0 Å². The molecule has 22 heavy (non-hydrogen) atoms. The van der Waals surface area contributed by atoms with E-state index in [1.54, 1.807) is 30.3 Å². The molecular weight excluding hydrogens is 326 g/mol. The van der Waals surface area contributed by atoms with Crippen LogP contribution in [0.4, 0.5) is 0 Å². The molecule has 0 radical (unpaired) electrons. The standard InChI is InChI=1S/C15H20ClNO4S/c1-12-7-9-13(10-8-12)22(19,20)17-11-5-3-4-6-14(16)15(18)21-2/h6-10,17H,3-5,11H2,1-2H3/b14-6-. The van der Waals surface area contributed by atoms with Gasteiger partial charge in [-0.2, -0.15) is 0 Å². The molecule has 1 aromatic carbocycles. The molecule has 0 saturated carbocycles. The highest BCUT2D eigenvalue weighted by Gasteiger charge is 2.12. The Kier molecular flexibility index (Phi) is 7.58. The van der Waals surface area contributed by atoms with Gasteiger partial charge in [0, 0.05) is 6.54 Å². The number of carbonyl (C=O) groups is 1. The smallest absolute Gasteiger partial charge is 0.349 e. The third-order valence-electron chi connectivity index (χ3n) is 2.96. The van der Waals surface area contributed by atoms with Crippen LogP contribution >= 0.6 is 11.6 Å². The molecule has 0 spiro atoms. The molecule has 0 atom stereocenters. The molecule has 0 aliphatic carbocycles. The predicted molar refractivity (Wildman–Crippen MR) is 86.2 cm³/mol. The number of methoxy groups -OCH3 is 1. The number of ether oxygens (including phenoxy) is 1. The van der Waals surface area contributed by atoms with Gasteiger partial charge in [0.15, 0.2) is 0 Å². The van der Waals surface area contributed by atoms with Gasteiger partial charge in [0.25, 0.3) is 0 Å². The zero-order valence-electron chi connectivity index (χ0n) is 12.6. The topological polar surface area (TPSA) is 72.5 Å². The second-order valence-electron chi connectivity index (χ2n) is 4.75. The number of aryl methyl sites for hydroxylation is 1. The van der Waals surface area contributed by atoms with Gasteiger partial charge < -0.3 is 4.74 Å². The fourth-order valence-electron chi connectivity index (χ4n) is 1.69. The monoisotopic (exact) mass is 345 g/mol. The van der Waals surface area contributed by atoms with E-state index in [0.717, 1.165) is 5.56 Å². The Bertz CT molecular complexity index is 623. The average Bonchev–Trinajstić information content (AvgIpc) is 2.50. The van der Waals surface area contributed by atoms with Crippen LogP contribution in [0.5, 0.6) is 0 Å². The van der Waals surface area contributed by atoms with Crippen molar-refractivity contribution < 1.29 is 17.9 Å². The van der Waals surface area contributed by atoms with Crippen molar-refractivity contribution in [3.63, 3.8) is 0 Å². The number of rotatable bonds is 8. The summed E-state index contributed by atoms with van der Waals surface area (Å²) in [4.78, 5) is 11.3. The van der Waals surface area contributed by atoms with Gasteiger partial charge in [0.2, 0.25) is 10.0 Å². The maximum Gasteiger partial charge on any atom is 0.349 e. The summed E-state index contributed by atoms with van der Waals surface area (Å²) >= 11 is 5.68. The highest BCUT2D eigenvalue weighted by molar-refractivity contribution is 7.89. The summed E-state index contributed by atoms with van der Waals surface area (Å²) in [5.41, 5.74) is 1.01. The normalized spacial score (nSPS) is 12.2. The van der Waals surface area contributed by atoms with Crippen molar-refractivity contribution in [2.24, 2.45) is 0 Å². The second-order valence-corrected chi connectivity index (χ2v) is 6.92. The van der Waals surface area contributed by atoms with Crippen LogP contribution in [0.25, 0.3) is 0 Å². The minimum atomic E-state index is -3.46. The lowest BCUT2D eigenvalue weighted by Gasteiger charge is -2.06. The van der Waals surface area contributed by atoms with Crippen molar-refractivity contribution in [3.8, 4) is 0 Å². The first-order valence-corrected chi connectivity index (χ1v) is 8.73. The molecule has 0 saturated heterocycles. The van der Waals surface area contributed by atoms with Crippen molar-refractivity contribution in [2.75, 3.05) is 13.7 Å². The first-order valence-electron chi connectivity index (χ1n) is 6.87. The molecule has 0 aromatic heterocycles. The van der Waals surface area contributed by atoms with Crippen molar-refractivity contribution in [1.82, 2.24) is 4.72 Å². The maximum absolute atomic E-state index is 12.0. The number of benzene rings is 1. The van der Waals surface area contributed by atoms with Crippen LogP contribution in [-0.4, -0.2) is 28.0 Å². The Balaban J connectivity index is 2.35. The van der Waals surface area contributed by atoms with Gasteiger partial charge in [-0.05, 0) is 38.3 Å². The van der Waals surface area contributed by atoms with E-state index in [4.69, 9.17) is 11.6 Å². The summed E-state index contributed by atoms with van der Waals surface area (Å²) in [6.07, 6.45) is 3.51. The maximum atomic E-state index is 12.0. The van der Waals surface area contributed by atoms with Crippen molar-refractivity contribution in [3.05, 3.63) is 40.9 Å². The zero-order valence-corrected chi connectivity index (χ0v) is 14.2. The van der Waals surface area contributed by atoms with Gasteiger partial charge in [-0.1, -0.05) is 35.4 Å². The molecule has 0 bridgehead atoms. The van der Waals surface area contributed by atoms with Crippen LogP contribution in [0.2, 0.25) is 0 Å². The Morgan fingerprint density at radius 3 is 2.50 bits per heavy atom. The van der Waals surface area contributed by atoms with Crippen LogP contribution in [0.15, 0.2) is 40.3 Å². The number of halogens is 1. The largest absolute Gasteiger partial charge is 0.465 e. The molecule has 0 aliphatic heterocycles. The minimum Gasteiger partial charge on any atom is -0.465 e. The second kappa shape index (κ2) is 8.92. The molecule has 0 heterocycles. The summed E-state index contributed by atoms with van der Waals surface area (Å²) in [5, 5.41) is 0.0442. The summed E-state index contributed by atoms with van der Waals surface area (Å²) in [5.74, 6) is -0.568. The third kappa shape index (κ3) is 6.17. The van der Waals surface area contributed by atoms with Gasteiger partial charge in [-0.3, -0.25) is 0 Å². The molecule has 0 unspecified atom stereocenters. The molecule has 122 valence electrons. The number of unbranched alkanes of at least 4 members (excludes halogenated alkanes) is 2. The quantitative estimate of drug-likeness (QED) is 0.446. The highest BCUT2D eigenvalue weighted by Crippen LogP contribution is 2.10. The Labute approximate surface area is 136 Å². The van der Waals surface area contributed by atoms with E-state index in [9.17, 15) is 13.2 Å². The fourth-order valence-corrected chi connectivity index (χ4v) is 2.95. The molecule has 7 heteroatoms. The molecule has 5 nitrogen and oxygen atoms in total. The van der Waals surface area contributed by atoms with Crippen molar-refractivity contribution in [1.29, 1.82) is 0 Å². The number of allylic oxidation sites excluding steroid dienone is 1. The Hall–Kier alpha value is -1.37. The lowest BCUT2D eigenvalue weighted by atomic mass is 10.2. The molecule has 1 rings (SSSR count). The average molecular weight is 346 g/mol. The summed E-state index contributed by atoms with van der Waals surface area (Å²) in [7, 11) is -2.20. The summed E-state index contributed by atoms with van der Waals surface area (Å²) in [6.45, 7) is 2.23. The van der Waals surface area contributed by atoms with Gasteiger partial charge >= 0.3 is 5.97 Å². The number of hydrogen-bond donors (Lipinski definition) is 1. The number of nitrogens with one attached hydrogen (secondary N) is 1. The molecule has 0 amide bonds. The Morgan fingerprint density at radius 1 is 1.27 bits per heavy atom. The number of sulfonamides is 1. The fraction of sp³-hybridized carbons (Fsp3) is 0.400. The van der Waals surface area contributed by atoms with E-state index in [1.165, 1.54) is 7.11 Å². The number of esters is 1. The molecule has 1 N–H and O–H groups in total. The molecule has 0 aliphatic rings. The van der Waals surface area contributed by atoms with E-state index in [2.05, 4.69) is 9.46 Å². The van der Waals surface area contributed by atoms with Crippen LogP contribution < -0.4 is 4.72 Å². The van der Waals surface area contributed by atoms with Gasteiger partial charge in [0.1, 0.15) is 5.03 Å². The van der Waals surface area contributed by atoms with E-state index >= 15 is 0 Å². The van der Waals surface area contributed by atoms with Crippen molar-refractivity contribution >= 4 is 27.6 Å². The predicted octanol–water partition coefficient (Wildman–Crippen LogP) is 2.74. The summed E-state index contributed by atoms with van der Waals surface area (Å²) < 4.78 is 31.0. The zero-order chi connectivity index (χ0) is 16.6. The molecular formula is C15H20ClNO4S. The first-order chi connectivity index (χ1) is 10.4. The third-order valence-corrected chi connectivity index (χ3v) is 4.74. The molecule has 0 fully saturated rings. The number of carbonyl (C=O) groups excluding carboxylic acids is 1. The Morgan fingerprint density at radius 2 is 1.91 bits per heavy atom. The van der Waals surface area contributed by atoms with E-state index in [-0.39, 0.29) is 9.93 Å². The van der Waals surface area contributed by atoms with E-state index in [1.807, 2.05) is 6.92 Å². The summed E-state index contributed by atoms with van der Waals surface area (Å²) in [6, 6.07) is 6.68. The van der Waals surface area contributed by atoms with Crippen LogP contribution in [0.3, 0.4) is 0 Å².